The van der Waals surface area contributed by atoms with Gasteiger partial charge in [-0.25, -0.2) is 8.42 Å². The second kappa shape index (κ2) is 5.98. The van der Waals surface area contributed by atoms with Crippen LogP contribution in [0.25, 0.3) is 11.4 Å². The molecule has 1 aliphatic rings. The quantitative estimate of drug-likeness (QED) is 0.849. The highest BCUT2D eigenvalue weighted by Gasteiger charge is 2.28. The summed E-state index contributed by atoms with van der Waals surface area (Å²) < 4.78 is 28.0. The molecule has 0 N–H and O–H groups in total. The number of sulfone groups is 1. The van der Waals surface area contributed by atoms with Crippen LogP contribution in [0.5, 0.6) is 0 Å². The van der Waals surface area contributed by atoms with E-state index in [-0.39, 0.29) is 16.8 Å². The fourth-order valence-electron chi connectivity index (χ4n) is 2.14. The number of rotatable bonds is 4. The van der Waals surface area contributed by atoms with Gasteiger partial charge in [-0.05, 0) is 18.6 Å². The molecule has 0 amide bonds. The molecule has 0 saturated carbocycles. The Morgan fingerprint density at radius 2 is 2.29 bits per heavy atom. The molecule has 3 rings (SSSR count). The number of halogens is 1. The summed E-state index contributed by atoms with van der Waals surface area (Å²) in [6.07, 6.45) is 0.697. The first kappa shape index (κ1) is 14.9. The average molecular weight is 345 g/mol. The van der Waals surface area contributed by atoms with Crippen LogP contribution >= 0.6 is 23.4 Å². The van der Waals surface area contributed by atoms with Gasteiger partial charge in [0.1, 0.15) is 0 Å². The lowest BCUT2D eigenvalue weighted by Crippen LogP contribution is -2.06. The standard InChI is InChI=1S/C13H13ClN2O3S2/c14-10-3-1-2-9(6-10)13-15-12(19-16-13)7-20-11-4-5-21(17,18)8-11/h1-3,6,11H,4-5,7-8H2/t11-/m0/s1. The summed E-state index contributed by atoms with van der Waals surface area (Å²) in [5.41, 5.74) is 0.797. The SMILES string of the molecule is O=S1(=O)CC[C@H](SCc2nc(-c3cccc(Cl)c3)no2)C1. The van der Waals surface area contributed by atoms with Crippen molar-refractivity contribution in [2.75, 3.05) is 11.5 Å². The zero-order chi connectivity index (χ0) is 14.9. The number of thioether (sulfide) groups is 1. The van der Waals surface area contributed by atoms with Crippen LogP contribution in [0.3, 0.4) is 0 Å². The normalized spacial score (nSPS) is 20.7. The molecule has 0 spiro atoms. The van der Waals surface area contributed by atoms with Crippen LogP contribution < -0.4 is 0 Å². The molecule has 2 aromatic rings. The molecule has 0 radical (unpaired) electrons. The first-order valence-electron chi connectivity index (χ1n) is 6.42. The Kier molecular flexibility index (Phi) is 4.24. The number of nitrogens with zero attached hydrogens (tertiary/aromatic N) is 2. The summed E-state index contributed by atoms with van der Waals surface area (Å²) in [6, 6.07) is 7.23. The van der Waals surface area contributed by atoms with Crippen molar-refractivity contribution < 1.29 is 12.9 Å². The van der Waals surface area contributed by atoms with Crippen LogP contribution in [0.2, 0.25) is 5.02 Å². The third-order valence-corrected chi connectivity index (χ3v) is 6.69. The zero-order valence-corrected chi connectivity index (χ0v) is 13.4. The molecule has 21 heavy (non-hydrogen) atoms. The molecule has 0 bridgehead atoms. The minimum atomic E-state index is -2.84. The van der Waals surface area contributed by atoms with Gasteiger partial charge in [-0.1, -0.05) is 28.9 Å². The van der Waals surface area contributed by atoms with Crippen LogP contribution in [0.4, 0.5) is 0 Å². The van der Waals surface area contributed by atoms with E-state index in [9.17, 15) is 8.42 Å². The smallest absolute Gasteiger partial charge is 0.236 e. The Bertz CT molecular complexity index is 745. The van der Waals surface area contributed by atoms with Gasteiger partial charge in [-0.15, -0.1) is 11.8 Å². The zero-order valence-electron chi connectivity index (χ0n) is 11.0. The van der Waals surface area contributed by atoms with E-state index in [0.717, 1.165) is 5.56 Å². The number of benzene rings is 1. The van der Waals surface area contributed by atoms with E-state index in [1.165, 1.54) is 0 Å². The van der Waals surface area contributed by atoms with Gasteiger partial charge in [-0.3, -0.25) is 0 Å². The summed E-state index contributed by atoms with van der Waals surface area (Å²) in [7, 11) is -2.84. The summed E-state index contributed by atoms with van der Waals surface area (Å²) in [4.78, 5) is 4.31. The maximum Gasteiger partial charge on any atom is 0.236 e. The predicted molar refractivity (Wildman–Crippen MR) is 83.1 cm³/mol. The van der Waals surface area contributed by atoms with Gasteiger partial charge in [0.05, 0.1) is 17.3 Å². The van der Waals surface area contributed by atoms with E-state index >= 15 is 0 Å². The Labute approximate surface area is 132 Å². The van der Waals surface area contributed by atoms with Gasteiger partial charge < -0.3 is 4.52 Å². The van der Waals surface area contributed by atoms with Gasteiger partial charge in [0.15, 0.2) is 9.84 Å². The molecule has 1 fully saturated rings. The Morgan fingerprint density at radius 1 is 1.43 bits per heavy atom. The van der Waals surface area contributed by atoms with Crippen molar-refractivity contribution >= 4 is 33.2 Å². The first-order chi connectivity index (χ1) is 10.0. The second-order valence-electron chi connectivity index (χ2n) is 4.86. The van der Waals surface area contributed by atoms with Crippen molar-refractivity contribution in [2.45, 2.75) is 17.4 Å². The molecule has 5 nitrogen and oxygen atoms in total. The molecule has 1 saturated heterocycles. The third-order valence-electron chi connectivity index (χ3n) is 3.18. The number of hydrogen-bond acceptors (Lipinski definition) is 6. The molecule has 1 aromatic carbocycles. The third kappa shape index (κ3) is 3.78. The molecule has 1 aliphatic heterocycles. The van der Waals surface area contributed by atoms with Crippen molar-refractivity contribution in [1.82, 2.24) is 10.1 Å². The fourth-order valence-corrected chi connectivity index (χ4v) is 5.81. The van der Waals surface area contributed by atoms with Gasteiger partial charge in [0, 0.05) is 15.8 Å². The number of hydrogen-bond donors (Lipinski definition) is 0. The van der Waals surface area contributed by atoms with Gasteiger partial charge in [0.2, 0.25) is 11.7 Å². The van der Waals surface area contributed by atoms with Gasteiger partial charge in [-0.2, -0.15) is 4.98 Å². The average Bonchev–Trinajstić information content (AvgIpc) is 3.03. The molecule has 2 heterocycles. The predicted octanol–water partition coefficient (Wildman–Crippen LogP) is 2.81. The molecule has 0 aliphatic carbocycles. The van der Waals surface area contributed by atoms with Gasteiger partial charge >= 0.3 is 0 Å². The Hall–Kier alpha value is -1.05. The van der Waals surface area contributed by atoms with Crippen molar-refractivity contribution in [3.63, 3.8) is 0 Å². The van der Waals surface area contributed by atoms with Gasteiger partial charge in [0.25, 0.3) is 0 Å². The summed E-state index contributed by atoms with van der Waals surface area (Å²) in [6.45, 7) is 0. The van der Waals surface area contributed by atoms with Crippen LogP contribution in [0, 0.1) is 0 Å². The Morgan fingerprint density at radius 3 is 3.00 bits per heavy atom. The minimum absolute atomic E-state index is 0.122. The summed E-state index contributed by atoms with van der Waals surface area (Å²) in [5, 5.41) is 4.66. The lowest BCUT2D eigenvalue weighted by molar-refractivity contribution is 0.391. The van der Waals surface area contributed by atoms with E-state index in [2.05, 4.69) is 10.1 Å². The van der Waals surface area contributed by atoms with E-state index in [1.807, 2.05) is 12.1 Å². The molecule has 1 atom stereocenters. The lowest BCUT2D eigenvalue weighted by atomic mass is 10.2. The monoisotopic (exact) mass is 344 g/mol. The van der Waals surface area contributed by atoms with E-state index in [0.29, 0.717) is 28.9 Å². The second-order valence-corrected chi connectivity index (χ2v) is 8.81. The van der Waals surface area contributed by atoms with Crippen molar-refractivity contribution in [1.29, 1.82) is 0 Å². The molecular formula is C13H13ClN2O3S2. The van der Waals surface area contributed by atoms with Crippen molar-refractivity contribution in [2.24, 2.45) is 0 Å². The van der Waals surface area contributed by atoms with Crippen LogP contribution in [0.15, 0.2) is 28.8 Å². The summed E-state index contributed by atoms with van der Waals surface area (Å²) in [5.74, 6) is 2.04. The van der Waals surface area contributed by atoms with Crippen LogP contribution in [-0.4, -0.2) is 35.3 Å². The number of aromatic nitrogens is 2. The highest BCUT2D eigenvalue weighted by molar-refractivity contribution is 8.01. The maximum atomic E-state index is 11.4. The molecule has 112 valence electrons. The Balaban J connectivity index is 1.63. The highest BCUT2D eigenvalue weighted by atomic mass is 35.5. The topological polar surface area (TPSA) is 73.1 Å². The van der Waals surface area contributed by atoms with Crippen LogP contribution in [0.1, 0.15) is 12.3 Å². The lowest BCUT2D eigenvalue weighted by Gasteiger charge is -2.03. The molecular weight excluding hydrogens is 332 g/mol. The molecule has 1 aromatic heterocycles. The fraction of sp³-hybridized carbons (Fsp3) is 0.385. The van der Waals surface area contributed by atoms with E-state index in [4.69, 9.17) is 16.1 Å². The van der Waals surface area contributed by atoms with Crippen molar-refractivity contribution in [3.05, 3.63) is 35.2 Å². The highest BCUT2D eigenvalue weighted by Crippen LogP contribution is 2.27. The largest absolute Gasteiger partial charge is 0.338 e. The van der Waals surface area contributed by atoms with Crippen molar-refractivity contribution in [3.8, 4) is 11.4 Å². The summed E-state index contributed by atoms with van der Waals surface area (Å²) >= 11 is 7.48. The molecule has 0 unspecified atom stereocenters. The van der Waals surface area contributed by atoms with Crippen LogP contribution in [-0.2, 0) is 15.6 Å². The van der Waals surface area contributed by atoms with E-state index in [1.54, 1.807) is 23.9 Å². The molecule has 8 heteroatoms. The van der Waals surface area contributed by atoms with E-state index < -0.39 is 9.84 Å². The first-order valence-corrected chi connectivity index (χ1v) is 9.67. The maximum absolute atomic E-state index is 11.4. The minimum Gasteiger partial charge on any atom is -0.338 e.